The number of aromatic nitrogens is 3. The Morgan fingerprint density at radius 1 is 1.09 bits per heavy atom. The van der Waals surface area contributed by atoms with E-state index in [1.54, 1.807) is 40.0 Å². The third-order valence-corrected chi connectivity index (χ3v) is 8.59. The fraction of sp³-hybridized carbons (Fsp3) is 0.515. The molecule has 1 aliphatic rings. The van der Waals surface area contributed by atoms with Crippen LogP contribution in [0.2, 0.25) is 5.02 Å². The first-order valence-electron chi connectivity index (χ1n) is 15.7. The van der Waals surface area contributed by atoms with Gasteiger partial charge >= 0.3 is 12.1 Å². The van der Waals surface area contributed by atoms with Crippen molar-refractivity contribution in [3.8, 4) is 10.4 Å². The maximum absolute atomic E-state index is 13.1. The van der Waals surface area contributed by atoms with E-state index in [4.69, 9.17) is 21.1 Å². The first-order valence-corrected chi connectivity index (χ1v) is 16.9. The second kappa shape index (κ2) is 15.9. The molecule has 0 bridgehead atoms. The van der Waals surface area contributed by atoms with E-state index in [-0.39, 0.29) is 18.4 Å². The highest BCUT2D eigenvalue weighted by Gasteiger charge is 2.27. The van der Waals surface area contributed by atoms with Gasteiger partial charge in [-0.25, -0.2) is 24.5 Å². The molecule has 254 valence electrons. The number of nitrogens with one attached hydrogen (secondary N) is 2. The number of halogens is 1. The van der Waals surface area contributed by atoms with Crippen LogP contribution in [0.25, 0.3) is 10.4 Å². The first-order chi connectivity index (χ1) is 22.2. The van der Waals surface area contributed by atoms with E-state index < -0.39 is 23.7 Å². The number of carbonyl (C=O) groups excluding carboxylic acids is 3. The van der Waals surface area contributed by atoms with Gasteiger partial charge in [0.2, 0.25) is 0 Å². The Balaban J connectivity index is 1.28. The van der Waals surface area contributed by atoms with Crippen molar-refractivity contribution in [1.82, 2.24) is 25.2 Å². The van der Waals surface area contributed by atoms with Gasteiger partial charge in [-0.1, -0.05) is 37.6 Å². The van der Waals surface area contributed by atoms with Gasteiger partial charge < -0.3 is 25.0 Å². The largest absolute Gasteiger partial charge is 0.463 e. The van der Waals surface area contributed by atoms with Crippen molar-refractivity contribution in [2.75, 3.05) is 49.5 Å². The number of anilines is 2. The second-order valence-corrected chi connectivity index (χ2v) is 14.3. The summed E-state index contributed by atoms with van der Waals surface area (Å²) in [6.45, 7) is 16.7. The molecular formula is C33H44ClN7O5S. The molecule has 1 aliphatic heterocycles. The third kappa shape index (κ3) is 10.6. The highest BCUT2D eigenvalue weighted by Crippen LogP contribution is 2.35. The van der Waals surface area contributed by atoms with E-state index in [1.807, 2.05) is 39.0 Å². The van der Waals surface area contributed by atoms with Crippen molar-refractivity contribution < 1.29 is 23.9 Å². The van der Waals surface area contributed by atoms with Crippen molar-refractivity contribution in [2.24, 2.45) is 5.92 Å². The van der Waals surface area contributed by atoms with E-state index in [0.29, 0.717) is 47.7 Å². The number of amides is 2. The Morgan fingerprint density at radius 3 is 2.47 bits per heavy atom. The fourth-order valence-corrected chi connectivity index (χ4v) is 6.41. The second-order valence-electron chi connectivity index (χ2n) is 12.9. The Labute approximate surface area is 285 Å². The minimum atomic E-state index is -0.776. The summed E-state index contributed by atoms with van der Waals surface area (Å²) in [6.07, 6.45) is 1.47. The number of rotatable bonds is 11. The molecule has 2 N–H and O–H groups in total. The maximum atomic E-state index is 13.1. The molecule has 1 aromatic carbocycles. The molecule has 0 aliphatic carbocycles. The normalized spacial score (nSPS) is 14.5. The monoisotopic (exact) mass is 685 g/mol. The topological polar surface area (TPSA) is 139 Å². The molecule has 1 fully saturated rings. The average Bonchev–Trinajstić information content (AvgIpc) is 3.45. The average molecular weight is 686 g/mol. The van der Waals surface area contributed by atoms with Crippen LogP contribution in [-0.2, 0) is 14.3 Å². The molecule has 0 spiro atoms. The summed E-state index contributed by atoms with van der Waals surface area (Å²) in [5.41, 5.74) is 1.21. The lowest BCUT2D eigenvalue weighted by molar-refractivity contribution is -0.147. The smallest absolute Gasteiger partial charge is 0.408 e. The molecule has 1 atom stereocenters. The Bertz CT molecular complexity index is 1550. The number of hydrogen-bond donors (Lipinski definition) is 2. The number of aryl methyl sites for hydroxylation is 2. The number of nitrogens with zero attached hydrogens (tertiary/aromatic N) is 5. The minimum absolute atomic E-state index is 0.179. The van der Waals surface area contributed by atoms with Gasteiger partial charge in [0.1, 0.15) is 35.7 Å². The van der Waals surface area contributed by atoms with Crippen LogP contribution >= 0.6 is 22.9 Å². The van der Waals surface area contributed by atoms with Gasteiger partial charge in [0.25, 0.3) is 5.91 Å². The Kier molecular flexibility index (Phi) is 12.2. The lowest BCUT2D eigenvalue weighted by atomic mass is 10.0. The summed E-state index contributed by atoms with van der Waals surface area (Å²) in [7, 11) is 0. The van der Waals surface area contributed by atoms with Crippen LogP contribution in [0.3, 0.4) is 0 Å². The maximum Gasteiger partial charge on any atom is 0.408 e. The predicted molar refractivity (Wildman–Crippen MR) is 184 cm³/mol. The van der Waals surface area contributed by atoms with Crippen molar-refractivity contribution >= 4 is 52.5 Å². The highest BCUT2D eigenvalue weighted by molar-refractivity contribution is 7.17. The molecule has 0 radical (unpaired) electrons. The molecule has 2 aromatic heterocycles. The SMILES string of the molecule is Cc1nc(NC(=O)c2ncc(-c3c(C)cccc3Cl)s2)cc(N2CCN(CCOC(=O)C(CC(C)C)NC(=O)OC(C)(C)C)CC2)n1. The molecule has 1 unspecified atom stereocenters. The predicted octanol–water partition coefficient (Wildman–Crippen LogP) is 5.73. The van der Waals surface area contributed by atoms with Gasteiger partial charge in [-0.15, -0.1) is 11.3 Å². The van der Waals surface area contributed by atoms with Gasteiger partial charge in [-0.2, -0.15) is 0 Å². The number of benzene rings is 1. The van der Waals surface area contributed by atoms with Crippen molar-refractivity contribution in [3.05, 3.63) is 51.9 Å². The van der Waals surface area contributed by atoms with Crippen molar-refractivity contribution in [3.63, 3.8) is 0 Å². The molecule has 3 heterocycles. The van der Waals surface area contributed by atoms with Gasteiger partial charge in [-0.3, -0.25) is 9.69 Å². The van der Waals surface area contributed by atoms with E-state index in [2.05, 4.69) is 35.4 Å². The number of ether oxygens (including phenoxy) is 2. The summed E-state index contributed by atoms with van der Waals surface area (Å²) in [6, 6.07) is 6.67. The van der Waals surface area contributed by atoms with Gasteiger partial charge in [0, 0.05) is 55.6 Å². The van der Waals surface area contributed by atoms with Crippen molar-refractivity contribution in [2.45, 2.75) is 66.5 Å². The number of hydrogen-bond acceptors (Lipinski definition) is 11. The molecule has 14 heteroatoms. The minimum Gasteiger partial charge on any atom is -0.463 e. The van der Waals surface area contributed by atoms with Crippen LogP contribution in [0, 0.1) is 19.8 Å². The van der Waals surface area contributed by atoms with Crippen LogP contribution in [0.5, 0.6) is 0 Å². The summed E-state index contributed by atoms with van der Waals surface area (Å²) in [5, 5.41) is 6.45. The first kappa shape index (κ1) is 36.0. The zero-order valence-electron chi connectivity index (χ0n) is 28.1. The molecule has 12 nitrogen and oxygen atoms in total. The molecule has 0 saturated carbocycles. The number of alkyl carbamates (subject to hydrolysis) is 1. The Morgan fingerprint density at radius 2 is 1.81 bits per heavy atom. The van der Waals surface area contributed by atoms with E-state index in [9.17, 15) is 14.4 Å². The van der Waals surface area contributed by atoms with E-state index in [1.165, 1.54) is 11.3 Å². The van der Waals surface area contributed by atoms with E-state index in [0.717, 1.165) is 34.9 Å². The lowest BCUT2D eigenvalue weighted by Crippen LogP contribution is -2.48. The van der Waals surface area contributed by atoms with Gasteiger partial charge in [0.15, 0.2) is 5.01 Å². The van der Waals surface area contributed by atoms with Crippen LogP contribution < -0.4 is 15.5 Å². The molecular weight excluding hydrogens is 642 g/mol. The molecule has 47 heavy (non-hydrogen) atoms. The van der Waals surface area contributed by atoms with Gasteiger partial charge in [-0.05, 0) is 58.6 Å². The van der Waals surface area contributed by atoms with Crippen LogP contribution in [0.1, 0.15) is 62.2 Å². The fourth-order valence-electron chi connectivity index (χ4n) is 5.10. The van der Waals surface area contributed by atoms with Crippen LogP contribution in [-0.4, -0.2) is 88.8 Å². The van der Waals surface area contributed by atoms with Crippen LogP contribution in [0.4, 0.5) is 16.4 Å². The quantitative estimate of drug-likeness (QED) is 0.241. The Hall–Kier alpha value is -3.81. The number of esters is 1. The molecule has 3 aromatic rings. The zero-order valence-corrected chi connectivity index (χ0v) is 29.6. The summed E-state index contributed by atoms with van der Waals surface area (Å²) >= 11 is 7.68. The van der Waals surface area contributed by atoms with Crippen LogP contribution in [0.15, 0.2) is 30.5 Å². The standard InChI is InChI=1S/C33H44ClN7O5S/c1-20(2)17-24(38-32(44)46-33(5,6)7)31(43)45-16-15-40-11-13-41(14-12-40)27-18-26(36-22(4)37-27)39-29(42)30-35-19-25(47-30)28-21(3)9-8-10-23(28)34/h8-10,18-20,24H,11-17H2,1-7H3,(H,38,44)(H,36,37,39,42). The number of thiazole rings is 1. The third-order valence-electron chi connectivity index (χ3n) is 7.27. The number of carbonyl (C=O) groups is 3. The highest BCUT2D eigenvalue weighted by atomic mass is 35.5. The lowest BCUT2D eigenvalue weighted by Gasteiger charge is -2.35. The number of piperazine rings is 1. The summed E-state index contributed by atoms with van der Waals surface area (Å²) < 4.78 is 10.9. The molecule has 2 amide bonds. The summed E-state index contributed by atoms with van der Waals surface area (Å²) in [4.78, 5) is 56.7. The molecule has 1 saturated heterocycles. The van der Waals surface area contributed by atoms with E-state index >= 15 is 0 Å². The zero-order chi connectivity index (χ0) is 34.3. The van der Waals surface area contributed by atoms with Crippen molar-refractivity contribution in [1.29, 1.82) is 0 Å². The summed E-state index contributed by atoms with van der Waals surface area (Å²) in [5.74, 6) is 1.00. The van der Waals surface area contributed by atoms with Gasteiger partial charge in [0.05, 0.1) is 4.88 Å². The molecule has 4 rings (SSSR count).